The molecule has 5 rings (SSSR count). The summed E-state index contributed by atoms with van der Waals surface area (Å²) in [4.78, 5) is 13.2. The Balaban J connectivity index is 1.79. The first-order valence-electron chi connectivity index (χ1n) is 10.4. The second-order valence-corrected chi connectivity index (χ2v) is 9.58. The number of hydrogen-bond donors (Lipinski definition) is 0. The molecule has 0 radical (unpaired) electrons. The van der Waals surface area contributed by atoms with Gasteiger partial charge in [-0.25, -0.2) is 0 Å². The van der Waals surface area contributed by atoms with Crippen LogP contribution in [0.2, 0.25) is 0 Å². The number of benzene rings is 4. The van der Waals surface area contributed by atoms with Crippen molar-refractivity contribution in [2.75, 3.05) is 0 Å². The molecule has 0 atom stereocenters. The molecule has 0 saturated carbocycles. The Kier molecular flexibility index (Phi) is 5.85. The third-order valence-electron chi connectivity index (χ3n) is 5.21. The molecule has 4 aromatic carbocycles. The Labute approximate surface area is 194 Å². The zero-order valence-electron chi connectivity index (χ0n) is 17.3. The second-order valence-electron chi connectivity index (χ2n) is 7.31. The molecule has 0 N–H and O–H groups in total. The van der Waals surface area contributed by atoms with Gasteiger partial charge in [-0.15, -0.1) is 0 Å². The van der Waals surface area contributed by atoms with Crippen molar-refractivity contribution in [2.45, 2.75) is 0 Å². The van der Waals surface area contributed by atoms with Gasteiger partial charge in [0.15, 0.2) is 0 Å². The van der Waals surface area contributed by atoms with E-state index >= 15 is 0 Å². The molecule has 4 aromatic rings. The van der Waals surface area contributed by atoms with Gasteiger partial charge >= 0.3 is 194 Å². The summed E-state index contributed by atoms with van der Waals surface area (Å²) in [5.74, 6) is 0.359. The fourth-order valence-electron chi connectivity index (χ4n) is 3.75. The van der Waals surface area contributed by atoms with Gasteiger partial charge in [0.05, 0.1) is 0 Å². The van der Waals surface area contributed by atoms with Crippen LogP contribution in [0, 0.1) is 0 Å². The number of carbonyl (C=O) groups is 1. The predicted molar refractivity (Wildman–Crippen MR) is 131 cm³/mol. The topological polar surface area (TPSA) is 26.3 Å². The van der Waals surface area contributed by atoms with Crippen molar-refractivity contribution >= 4 is 41.0 Å². The van der Waals surface area contributed by atoms with Crippen LogP contribution in [-0.2, 0) is 9.53 Å². The first-order valence-corrected chi connectivity index (χ1v) is 12.1. The van der Waals surface area contributed by atoms with Gasteiger partial charge < -0.3 is 0 Å². The molecule has 0 unspecified atom stereocenters. The summed E-state index contributed by atoms with van der Waals surface area (Å²) in [6, 6.07) is 40.5. The van der Waals surface area contributed by atoms with Crippen molar-refractivity contribution in [3.05, 3.63) is 144 Å². The van der Waals surface area contributed by atoms with E-state index in [9.17, 15) is 4.79 Å². The number of allylic oxidation sites excluding steroid dienone is 1. The molecular formula is C29H20O2Se. The average Bonchev–Trinajstić information content (AvgIpc) is 3.21. The van der Waals surface area contributed by atoms with E-state index in [0.29, 0.717) is 11.3 Å². The van der Waals surface area contributed by atoms with Gasteiger partial charge in [0, 0.05) is 0 Å². The van der Waals surface area contributed by atoms with Crippen LogP contribution in [0.1, 0.15) is 16.7 Å². The first kappa shape index (κ1) is 20.3. The van der Waals surface area contributed by atoms with Crippen LogP contribution in [0.25, 0.3) is 15.6 Å². The molecule has 0 fully saturated rings. The van der Waals surface area contributed by atoms with Gasteiger partial charge in [-0.3, -0.25) is 0 Å². The molecular weight excluding hydrogens is 459 g/mol. The van der Waals surface area contributed by atoms with Crippen molar-refractivity contribution in [1.29, 1.82) is 0 Å². The van der Waals surface area contributed by atoms with E-state index in [2.05, 4.69) is 24.3 Å². The minimum absolute atomic E-state index is 0.0512. The summed E-state index contributed by atoms with van der Waals surface area (Å²) >= 11 is -0.0512. The molecule has 0 saturated heterocycles. The molecule has 1 aliphatic heterocycles. The molecule has 154 valence electrons. The molecule has 1 aliphatic rings. The van der Waals surface area contributed by atoms with Gasteiger partial charge in [0.1, 0.15) is 0 Å². The van der Waals surface area contributed by atoms with E-state index in [0.717, 1.165) is 26.7 Å². The maximum absolute atomic E-state index is 13.2. The van der Waals surface area contributed by atoms with Gasteiger partial charge in [0.25, 0.3) is 0 Å². The zero-order chi connectivity index (χ0) is 21.8. The minimum atomic E-state index is -0.303. The maximum atomic E-state index is 13.2. The van der Waals surface area contributed by atoms with Gasteiger partial charge in [-0.2, -0.15) is 0 Å². The van der Waals surface area contributed by atoms with E-state index in [1.54, 1.807) is 0 Å². The van der Waals surface area contributed by atoms with Crippen LogP contribution >= 0.6 is 0 Å². The second kappa shape index (κ2) is 9.23. The van der Waals surface area contributed by atoms with Crippen molar-refractivity contribution in [3.8, 4) is 0 Å². The van der Waals surface area contributed by atoms with Gasteiger partial charge in [0.2, 0.25) is 0 Å². The van der Waals surface area contributed by atoms with Crippen LogP contribution < -0.4 is 4.46 Å². The third kappa shape index (κ3) is 4.09. The van der Waals surface area contributed by atoms with Crippen LogP contribution in [-0.4, -0.2) is 20.9 Å². The monoisotopic (exact) mass is 480 g/mol. The summed E-state index contributed by atoms with van der Waals surface area (Å²) in [7, 11) is 0. The summed E-state index contributed by atoms with van der Waals surface area (Å²) in [5, 5.41) is 0. The Morgan fingerprint density at radius 3 is 1.59 bits per heavy atom. The SMILES string of the molecule is O=C1O/C(=C(/[Se]c2ccccc2)c2ccccc2)C(c2ccccc2)=C1c1ccccc1. The number of ether oxygens (including phenoxy) is 1. The van der Waals surface area contributed by atoms with E-state index < -0.39 is 0 Å². The Morgan fingerprint density at radius 2 is 1.03 bits per heavy atom. The Hall–Kier alpha value is -3.65. The van der Waals surface area contributed by atoms with E-state index in [1.807, 2.05) is 97.1 Å². The zero-order valence-corrected chi connectivity index (χ0v) is 19.0. The molecule has 0 aromatic heterocycles. The van der Waals surface area contributed by atoms with Crippen LogP contribution in [0.15, 0.2) is 127 Å². The average molecular weight is 479 g/mol. The van der Waals surface area contributed by atoms with Crippen LogP contribution in [0.3, 0.4) is 0 Å². The molecule has 0 spiro atoms. The van der Waals surface area contributed by atoms with Gasteiger partial charge in [-0.1, -0.05) is 0 Å². The molecule has 0 aliphatic carbocycles. The van der Waals surface area contributed by atoms with Crippen LogP contribution in [0.4, 0.5) is 0 Å². The number of cyclic esters (lactones) is 1. The number of rotatable bonds is 5. The van der Waals surface area contributed by atoms with Crippen molar-refractivity contribution in [2.24, 2.45) is 0 Å². The van der Waals surface area contributed by atoms with Crippen LogP contribution in [0.5, 0.6) is 0 Å². The van der Waals surface area contributed by atoms with Crippen molar-refractivity contribution in [3.63, 3.8) is 0 Å². The normalized spacial score (nSPS) is 14.9. The summed E-state index contributed by atoms with van der Waals surface area (Å²) in [6.45, 7) is 0. The third-order valence-corrected chi connectivity index (χ3v) is 7.58. The summed E-state index contributed by atoms with van der Waals surface area (Å²) in [6.07, 6.45) is 0. The van der Waals surface area contributed by atoms with Crippen molar-refractivity contribution < 1.29 is 9.53 Å². The number of hydrogen-bond acceptors (Lipinski definition) is 2. The summed E-state index contributed by atoms with van der Waals surface area (Å²) in [5.41, 5.74) is 4.39. The predicted octanol–water partition coefficient (Wildman–Crippen LogP) is 5.55. The number of esters is 1. The van der Waals surface area contributed by atoms with Crippen molar-refractivity contribution in [1.82, 2.24) is 0 Å². The Bertz CT molecular complexity index is 1290. The van der Waals surface area contributed by atoms with E-state index in [-0.39, 0.29) is 20.9 Å². The molecule has 0 bridgehead atoms. The fourth-order valence-corrected chi connectivity index (χ4v) is 5.89. The van der Waals surface area contributed by atoms with E-state index in [1.165, 1.54) is 4.46 Å². The Morgan fingerprint density at radius 1 is 0.562 bits per heavy atom. The summed E-state index contributed by atoms with van der Waals surface area (Å²) < 4.78 is 8.35. The molecule has 2 nitrogen and oxygen atoms in total. The standard InChI is InChI=1S/C29H20O2Se/c30-29-26(22-15-7-2-8-16-22)25(21-13-5-1-6-14-21)27(31-29)28(23-17-9-3-10-18-23)32-24-19-11-4-12-20-24/h1-20H/b28-27+. The molecule has 3 heteroatoms. The number of carbonyl (C=O) groups excluding carboxylic acids is 1. The molecule has 0 amide bonds. The molecule has 32 heavy (non-hydrogen) atoms. The van der Waals surface area contributed by atoms with Gasteiger partial charge in [-0.05, 0) is 0 Å². The molecule has 1 heterocycles. The quantitative estimate of drug-likeness (QED) is 0.277. The van der Waals surface area contributed by atoms with E-state index in [4.69, 9.17) is 4.74 Å². The first-order chi connectivity index (χ1) is 15.8. The fraction of sp³-hybridized carbons (Fsp3) is 0.